The molecule has 7 nitrogen and oxygen atoms in total. The zero-order valence-corrected chi connectivity index (χ0v) is 18.4. The standard InChI is InChI=1S/C23H24N4O3S/c1-4-8-17(2)25-23(28)24-16-19-15-22(18-9-6-5-7-10-18)27(26-19)20-11-13-21(14-12-20)31(3,29)30/h4-15H,16H2,1-3H3,(H,24,28)/b8-4-,25-17?. The Kier molecular flexibility index (Phi) is 6.81. The molecule has 0 aliphatic carbocycles. The lowest BCUT2D eigenvalue weighted by Crippen LogP contribution is -2.20. The van der Waals surface area contributed by atoms with Crippen LogP contribution in [0.3, 0.4) is 0 Å². The van der Waals surface area contributed by atoms with Gasteiger partial charge in [0, 0.05) is 17.5 Å². The lowest BCUT2D eigenvalue weighted by Gasteiger charge is -2.08. The van der Waals surface area contributed by atoms with E-state index >= 15 is 0 Å². The number of nitrogens with one attached hydrogen (secondary N) is 1. The van der Waals surface area contributed by atoms with Gasteiger partial charge in [0.2, 0.25) is 0 Å². The number of urea groups is 1. The minimum Gasteiger partial charge on any atom is -0.331 e. The number of sulfone groups is 1. The van der Waals surface area contributed by atoms with Crippen molar-refractivity contribution in [3.8, 4) is 16.9 Å². The van der Waals surface area contributed by atoms with E-state index in [4.69, 9.17) is 0 Å². The Morgan fingerprint density at radius 3 is 2.42 bits per heavy atom. The third-order valence-electron chi connectivity index (χ3n) is 4.45. The maximum Gasteiger partial charge on any atom is 0.341 e. The second-order valence-electron chi connectivity index (χ2n) is 6.98. The number of hydrogen-bond donors (Lipinski definition) is 1. The largest absolute Gasteiger partial charge is 0.341 e. The van der Waals surface area contributed by atoms with Gasteiger partial charge in [0.05, 0.1) is 28.5 Å². The number of carbonyl (C=O) groups excluding carboxylic acids is 1. The fourth-order valence-corrected chi connectivity index (χ4v) is 3.64. The smallest absolute Gasteiger partial charge is 0.331 e. The van der Waals surface area contributed by atoms with Gasteiger partial charge in [-0.25, -0.2) is 17.9 Å². The summed E-state index contributed by atoms with van der Waals surface area (Å²) in [4.78, 5) is 16.2. The Hall–Kier alpha value is -3.52. The van der Waals surface area contributed by atoms with E-state index in [0.717, 1.165) is 11.3 Å². The Morgan fingerprint density at radius 1 is 1.13 bits per heavy atom. The van der Waals surface area contributed by atoms with Gasteiger partial charge in [0.15, 0.2) is 9.84 Å². The molecule has 0 radical (unpaired) electrons. The lowest BCUT2D eigenvalue weighted by atomic mass is 10.1. The summed E-state index contributed by atoms with van der Waals surface area (Å²) < 4.78 is 25.3. The van der Waals surface area contributed by atoms with Gasteiger partial charge in [-0.1, -0.05) is 36.4 Å². The maximum absolute atomic E-state index is 12.0. The SMILES string of the molecule is C/C=C\C(C)=NC(=O)NCc1cc(-c2ccccc2)n(-c2ccc(S(C)(=O)=O)cc2)n1. The van der Waals surface area contributed by atoms with E-state index in [9.17, 15) is 13.2 Å². The molecule has 2 aromatic carbocycles. The normalized spacial score (nSPS) is 12.3. The first-order valence-corrected chi connectivity index (χ1v) is 11.6. The molecule has 3 aromatic rings. The first kappa shape index (κ1) is 22.2. The molecule has 3 rings (SSSR count). The van der Waals surface area contributed by atoms with Gasteiger partial charge in [-0.3, -0.25) is 0 Å². The second kappa shape index (κ2) is 9.53. The van der Waals surface area contributed by atoms with Gasteiger partial charge in [-0.2, -0.15) is 10.1 Å². The number of amides is 2. The molecular weight excluding hydrogens is 412 g/mol. The van der Waals surface area contributed by atoms with Gasteiger partial charge in [-0.15, -0.1) is 0 Å². The molecular formula is C23H24N4O3S. The van der Waals surface area contributed by atoms with Crippen LogP contribution in [0, 0.1) is 0 Å². The summed E-state index contributed by atoms with van der Waals surface area (Å²) in [5.41, 5.74) is 3.75. The molecule has 2 amide bonds. The van der Waals surface area contributed by atoms with Crippen LogP contribution in [0.25, 0.3) is 16.9 Å². The first-order chi connectivity index (χ1) is 14.8. The molecule has 160 valence electrons. The number of aliphatic imine (C=N–C) groups is 1. The van der Waals surface area contributed by atoms with Crippen LogP contribution >= 0.6 is 0 Å². The number of allylic oxidation sites excluding steroid dienone is 2. The van der Waals surface area contributed by atoms with Crippen LogP contribution in [0.5, 0.6) is 0 Å². The van der Waals surface area contributed by atoms with E-state index in [2.05, 4.69) is 15.4 Å². The highest BCUT2D eigenvalue weighted by atomic mass is 32.2. The van der Waals surface area contributed by atoms with Crippen molar-refractivity contribution in [1.29, 1.82) is 0 Å². The van der Waals surface area contributed by atoms with Crippen molar-refractivity contribution < 1.29 is 13.2 Å². The number of aromatic nitrogens is 2. The van der Waals surface area contributed by atoms with Crippen LogP contribution in [-0.2, 0) is 16.4 Å². The number of rotatable bonds is 6. The molecule has 1 heterocycles. The Balaban J connectivity index is 1.92. The lowest BCUT2D eigenvalue weighted by molar-refractivity contribution is 0.249. The molecule has 0 atom stereocenters. The summed E-state index contributed by atoms with van der Waals surface area (Å²) in [7, 11) is -3.29. The minimum atomic E-state index is -3.29. The van der Waals surface area contributed by atoms with E-state index in [-0.39, 0.29) is 11.4 Å². The number of carbonyl (C=O) groups is 1. The predicted molar refractivity (Wildman–Crippen MR) is 122 cm³/mol. The zero-order valence-electron chi connectivity index (χ0n) is 17.6. The van der Waals surface area contributed by atoms with Crippen molar-refractivity contribution in [2.45, 2.75) is 25.3 Å². The molecule has 31 heavy (non-hydrogen) atoms. The molecule has 0 spiro atoms. The van der Waals surface area contributed by atoms with Crippen molar-refractivity contribution in [3.63, 3.8) is 0 Å². The Labute approximate surface area is 182 Å². The highest BCUT2D eigenvalue weighted by Crippen LogP contribution is 2.24. The van der Waals surface area contributed by atoms with Gasteiger partial charge < -0.3 is 5.32 Å². The maximum atomic E-state index is 12.0. The van der Waals surface area contributed by atoms with E-state index in [1.807, 2.05) is 49.4 Å². The second-order valence-corrected chi connectivity index (χ2v) is 8.99. The predicted octanol–water partition coefficient (Wildman–Crippen LogP) is 4.19. The highest BCUT2D eigenvalue weighted by Gasteiger charge is 2.14. The van der Waals surface area contributed by atoms with Crippen LogP contribution in [0.1, 0.15) is 19.5 Å². The average Bonchev–Trinajstić information content (AvgIpc) is 3.17. The van der Waals surface area contributed by atoms with Gasteiger partial charge in [0.1, 0.15) is 0 Å². The summed E-state index contributed by atoms with van der Waals surface area (Å²) in [6, 6.07) is 17.7. The molecule has 0 saturated carbocycles. The highest BCUT2D eigenvalue weighted by molar-refractivity contribution is 7.90. The number of nitrogens with zero attached hydrogens (tertiary/aromatic N) is 3. The quantitative estimate of drug-likeness (QED) is 0.586. The molecule has 0 aliphatic rings. The Morgan fingerprint density at radius 2 is 1.81 bits per heavy atom. The van der Waals surface area contributed by atoms with Crippen LogP contribution in [0.4, 0.5) is 4.79 Å². The van der Waals surface area contributed by atoms with Crippen molar-refractivity contribution in [3.05, 3.63) is 78.5 Å². The van der Waals surface area contributed by atoms with Crippen molar-refractivity contribution in [2.75, 3.05) is 6.26 Å². The third-order valence-corrected chi connectivity index (χ3v) is 5.57. The summed E-state index contributed by atoms with van der Waals surface area (Å²) >= 11 is 0. The molecule has 0 saturated heterocycles. The topological polar surface area (TPSA) is 93.4 Å². The molecule has 1 N–H and O–H groups in total. The molecule has 0 aliphatic heterocycles. The summed E-state index contributed by atoms with van der Waals surface area (Å²) in [6.07, 6.45) is 4.74. The van der Waals surface area contributed by atoms with Crippen molar-refractivity contribution in [1.82, 2.24) is 15.1 Å². The van der Waals surface area contributed by atoms with Crippen LogP contribution in [-0.4, -0.2) is 36.2 Å². The fourth-order valence-electron chi connectivity index (χ4n) is 3.01. The van der Waals surface area contributed by atoms with E-state index in [0.29, 0.717) is 17.1 Å². The summed E-state index contributed by atoms with van der Waals surface area (Å²) in [6.45, 7) is 3.82. The third kappa shape index (κ3) is 5.76. The Bertz CT molecular complexity index is 1230. The molecule has 0 bridgehead atoms. The summed E-state index contributed by atoms with van der Waals surface area (Å²) in [5.74, 6) is 0. The van der Waals surface area contributed by atoms with E-state index < -0.39 is 15.9 Å². The molecule has 0 fully saturated rings. The molecule has 8 heteroatoms. The van der Waals surface area contributed by atoms with Crippen LogP contribution < -0.4 is 5.32 Å². The number of benzene rings is 2. The first-order valence-electron chi connectivity index (χ1n) is 9.68. The fraction of sp³-hybridized carbons (Fsp3) is 0.174. The average molecular weight is 437 g/mol. The van der Waals surface area contributed by atoms with Gasteiger partial charge in [0.25, 0.3) is 0 Å². The van der Waals surface area contributed by atoms with Crippen LogP contribution in [0.15, 0.2) is 82.7 Å². The minimum absolute atomic E-state index is 0.208. The molecule has 0 unspecified atom stereocenters. The molecule has 1 aromatic heterocycles. The van der Waals surface area contributed by atoms with E-state index in [1.165, 1.54) is 6.26 Å². The number of hydrogen-bond acceptors (Lipinski definition) is 4. The monoisotopic (exact) mass is 436 g/mol. The van der Waals surface area contributed by atoms with Crippen LogP contribution in [0.2, 0.25) is 0 Å². The van der Waals surface area contributed by atoms with Gasteiger partial charge in [-0.05, 0) is 50.3 Å². The zero-order chi connectivity index (χ0) is 22.4. The van der Waals surface area contributed by atoms with Crippen molar-refractivity contribution >= 4 is 21.6 Å². The summed E-state index contributed by atoms with van der Waals surface area (Å²) in [5, 5.41) is 7.37. The van der Waals surface area contributed by atoms with E-state index in [1.54, 1.807) is 41.9 Å². The van der Waals surface area contributed by atoms with Gasteiger partial charge >= 0.3 is 6.03 Å². The van der Waals surface area contributed by atoms with Crippen molar-refractivity contribution in [2.24, 2.45) is 4.99 Å².